The lowest BCUT2D eigenvalue weighted by Gasteiger charge is -2.47. The van der Waals surface area contributed by atoms with Crippen LogP contribution in [0.1, 0.15) is 169 Å². The molecule has 2 atom stereocenters. The molecule has 244 valence electrons. The maximum atomic E-state index is 2.97. The number of fused-ring (bicyclic) bond motifs is 2. The van der Waals surface area contributed by atoms with Crippen LogP contribution >= 0.6 is 0 Å². The fourth-order valence-corrected chi connectivity index (χ4v) is 13.4. The van der Waals surface area contributed by atoms with Crippen LogP contribution in [0.3, 0.4) is 0 Å². The summed E-state index contributed by atoms with van der Waals surface area (Å²) >= 11 is 0. The molecule has 0 aromatic heterocycles. The van der Waals surface area contributed by atoms with Crippen molar-refractivity contribution in [3.63, 3.8) is 0 Å². The molecule has 0 spiro atoms. The predicted molar refractivity (Wildman–Crippen MR) is 195 cm³/mol. The molecule has 0 aliphatic heterocycles. The van der Waals surface area contributed by atoms with Crippen LogP contribution in [0.2, 0.25) is 0 Å². The Labute approximate surface area is 280 Å². The van der Waals surface area contributed by atoms with E-state index >= 15 is 0 Å². The van der Waals surface area contributed by atoms with E-state index in [2.05, 4.69) is 60.7 Å². The van der Waals surface area contributed by atoms with Gasteiger partial charge in [-0.2, -0.15) is 0 Å². The summed E-state index contributed by atoms with van der Waals surface area (Å²) in [5.41, 5.74) is 10.7. The molecule has 0 radical (unpaired) electrons. The monoisotopic (exact) mass is 612 g/mol. The zero-order chi connectivity index (χ0) is 30.5. The Bertz CT molecular complexity index is 1290. The van der Waals surface area contributed by atoms with Crippen LogP contribution in [-0.2, 0) is 0 Å². The van der Waals surface area contributed by atoms with Gasteiger partial charge in [0.15, 0.2) is 0 Å². The predicted octanol–water partition coefficient (Wildman–Crippen LogP) is 13.3. The largest absolute Gasteiger partial charge is 0.0723 e. The van der Waals surface area contributed by atoms with Gasteiger partial charge in [-0.05, 0) is 139 Å². The molecule has 46 heavy (non-hydrogen) atoms. The van der Waals surface area contributed by atoms with Gasteiger partial charge in [-0.1, -0.05) is 131 Å². The quantitative estimate of drug-likeness (QED) is 0.278. The van der Waals surface area contributed by atoms with Gasteiger partial charge in [-0.15, -0.1) is 0 Å². The molecule has 2 aromatic carbocycles. The maximum absolute atomic E-state index is 2.97. The minimum Gasteiger partial charge on any atom is -0.0723 e. The Morgan fingerprint density at radius 3 is 1.13 bits per heavy atom. The molecule has 5 saturated carbocycles. The second-order valence-electron chi connectivity index (χ2n) is 17.4. The van der Waals surface area contributed by atoms with Crippen molar-refractivity contribution in [1.82, 2.24) is 0 Å². The third-order valence-corrected chi connectivity index (χ3v) is 15.3. The van der Waals surface area contributed by atoms with E-state index < -0.39 is 0 Å². The van der Waals surface area contributed by atoms with E-state index in [0.717, 1.165) is 35.5 Å². The van der Waals surface area contributed by atoms with Crippen LogP contribution in [0.4, 0.5) is 0 Å². The van der Waals surface area contributed by atoms with Crippen LogP contribution in [0.15, 0.2) is 60.7 Å². The third-order valence-electron chi connectivity index (χ3n) is 15.3. The molecule has 9 rings (SSSR count). The first-order chi connectivity index (χ1) is 22.8. The van der Waals surface area contributed by atoms with Crippen LogP contribution in [0.5, 0.6) is 0 Å². The Hall–Kier alpha value is -2.08. The minimum absolute atomic E-state index is 0.305. The van der Waals surface area contributed by atoms with E-state index in [1.807, 2.05) is 11.1 Å². The zero-order valence-electron chi connectivity index (χ0n) is 28.7. The van der Waals surface area contributed by atoms with Gasteiger partial charge < -0.3 is 0 Å². The molecule has 0 heteroatoms. The Morgan fingerprint density at radius 1 is 0.413 bits per heavy atom. The molecule has 7 aliphatic rings. The first-order valence-corrected chi connectivity index (χ1v) is 20.4. The highest BCUT2D eigenvalue weighted by Gasteiger charge is 2.52. The van der Waals surface area contributed by atoms with Crippen molar-refractivity contribution in [2.45, 2.75) is 147 Å². The highest BCUT2D eigenvalue weighted by atomic mass is 14.6. The maximum Gasteiger partial charge on any atom is 0.00954 e. The number of hydrogen-bond donors (Lipinski definition) is 0. The molecule has 2 unspecified atom stereocenters. The van der Waals surface area contributed by atoms with Crippen LogP contribution in [0, 0.1) is 40.9 Å². The van der Waals surface area contributed by atoms with Gasteiger partial charge in [0.25, 0.3) is 0 Å². The summed E-state index contributed by atoms with van der Waals surface area (Å²) in [7, 11) is 0. The Kier molecular flexibility index (Phi) is 8.32. The average molecular weight is 613 g/mol. The van der Waals surface area contributed by atoms with Gasteiger partial charge in [0.1, 0.15) is 0 Å². The minimum atomic E-state index is 0.305. The molecule has 0 saturated heterocycles. The molecule has 0 bridgehead atoms. The normalized spacial score (nSPS) is 28.8. The summed E-state index contributed by atoms with van der Waals surface area (Å²) in [6.45, 7) is 0. The zero-order valence-corrected chi connectivity index (χ0v) is 28.7. The summed E-state index contributed by atoms with van der Waals surface area (Å²) < 4.78 is 0. The number of hydrogen-bond acceptors (Lipinski definition) is 0. The molecule has 2 aromatic rings. The highest BCUT2D eigenvalue weighted by Crippen LogP contribution is 2.65. The lowest BCUT2D eigenvalue weighted by molar-refractivity contribution is 0.144. The summed E-state index contributed by atoms with van der Waals surface area (Å²) in [6.07, 6.45) is 36.5. The lowest BCUT2D eigenvalue weighted by atomic mass is 9.57. The second-order valence-corrected chi connectivity index (χ2v) is 17.4. The highest BCUT2D eigenvalue weighted by molar-refractivity contribution is 5.80. The standard InChI is InChI=1S/C46H60/c1-14-28-46(29-15-1,42-30-40(36-24-10-12-26-38(36)42)44(32-16-2-3-17-32)33-18-4-5-19-33)43-31-41(37-25-11-13-27-39(37)43)45(34-20-6-7-21-34)35-22-8-9-23-35/h10-13,24-27,30-35,42-45H,1-9,14-23,28-29H2. The summed E-state index contributed by atoms with van der Waals surface area (Å²) in [5, 5.41) is 0. The van der Waals surface area contributed by atoms with Crippen molar-refractivity contribution in [2.24, 2.45) is 40.9 Å². The van der Waals surface area contributed by atoms with Crippen molar-refractivity contribution in [3.8, 4) is 0 Å². The number of rotatable bonds is 8. The van der Waals surface area contributed by atoms with Gasteiger partial charge in [0.2, 0.25) is 0 Å². The van der Waals surface area contributed by atoms with Crippen LogP contribution < -0.4 is 0 Å². The molecular weight excluding hydrogens is 553 g/mol. The van der Waals surface area contributed by atoms with E-state index in [1.54, 1.807) is 22.3 Å². The smallest absolute Gasteiger partial charge is 0.00954 e. The molecule has 0 heterocycles. The lowest BCUT2D eigenvalue weighted by Crippen LogP contribution is -2.35. The Morgan fingerprint density at radius 2 is 0.761 bits per heavy atom. The summed E-state index contributed by atoms with van der Waals surface area (Å²) in [6, 6.07) is 19.8. The third kappa shape index (κ3) is 5.05. The van der Waals surface area contributed by atoms with Crippen molar-refractivity contribution < 1.29 is 0 Å². The van der Waals surface area contributed by atoms with Gasteiger partial charge in [0, 0.05) is 11.8 Å². The molecule has 0 amide bonds. The van der Waals surface area contributed by atoms with E-state index in [1.165, 1.54) is 135 Å². The van der Waals surface area contributed by atoms with E-state index in [0.29, 0.717) is 17.3 Å². The SMILES string of the molecule is C1=C(C(C2CCCC2)C2CCCC2)c2ccccc2C1C1(C2C=C(C(C3CCCC3)C3CCCC3)c3ccccc32)CCCCC1. The van der Waals surface area contributed by atoms with E-state index in [-0.39, 0.29) is 0 Å². The van der Waals surface area contributed by atoms with Gasteiger partial charge in [-0.3, -0.25) is 0 Å². The first kappa shape index (κ1) is 30.0. The van der Waals surface area contributed by atoms with Crippen LogP contribution in [-0.4, -0.2) is 0 Å². The first-order valence-electron chi connectivity index (χ1n) is 20.4. The van der Waals surface area contributed by atoms with Gasteiger partial charge in [0.05, 0.1) is 0 Å². The van der Waals surface area contributed by atoms with Crippen molar-refractivity contribution in [2.75, 3.05) is 0 Å². The molecule has 5 fully saturated rings. The summed E-state index contributed by atoms with van der Waals surface area (Å²) in [4.78, 5) is 0. The van der Waals surface area contributed by atoms with E-state index in [9.17, 15) is 0 Å². The van der Waals surface area contributed by atoms with Crippen molar-refractivity contribution in [1.29, 1.82) is 0 Å². The fourth-order valence-electron chi connectivity index (χ4n) is 13.4. The van der Waals surface area contributed by atoms with E-state index in [4.69, 9.17) is 0 Å². The van der Waals surface area contributed by atoms with Gasteiger partial charge in [-0.25, -0.2) is 0 Å². The fraction of sp³-hybridized carbons (Fsp3) is 0.652. The molecule has 7 aliphatic carbocycles. The van der Waals surface area contributed by atoms with Crippen molar-refractivity contribution >= 4 is 11.1 Å². The van der Waals surface area contributed by atoms with Gasteiger partial charge >= 0.3 is 0 Å². The molecule has 0 nitrogen and oxygen atoms in total. The number of allylic oxidation sites excluding steroid dienone is 4. The number of benzene rings is 2. The molecule has 0 N–H and O–H groups in total. The Balaban J connectivity index is 1.17. The van der Waals surface area contributed by atoms with Crippen molar-refractivity contribution in [3.05, 3.63) is 82.9 Å². The average Bonchev–Trinajstić information content (AvgIpc) is 3.95. The topological polar surface area (TPSA) is 0 Å². The van der Waals surface area contributed by atoms with Crippen LogP contribution in [0.25, 0.3) is 11.1 Å². The molecular formula is C46H60. The second kappa shape index (κ2) is 12.7. The summed E-state index contributed by atoms with van der Waals surface area (Å²) in [5.74, 6) is 6.40.